The van der Waals surface area contributed by atoms with Crippen molar-refractivity contribution in [2.45, 2.75) is 36.7 Å². The summed E-state index contributed by atoms with van der Waals surface area (Å²) in [4.78, 5) is 4.43. The highest BCUT2D eigenvalue weighted by Crippen LogP contribution is 2.37. The third kappa shape index (κ3) is 3.34. The summed E-state index contributed by atoms with van der Waals surface area (Å²) in [5.74, 6) is 0. The lowest BCUT2D eigenvalue weighted by Gasteiger charge is -2.04. The van der Waals surface area contributed by atoms with E-state index < -0.39 is 10.0 Å². The number of nitrogens with two attached hydrogens (primary N) is 1. The van der Waals surface area contributed by atoms with Gasteiger partial charge in [-0.3, -0.25) is 0 Å². The first-order chi connectivity index (χ1) is 10.1. The molecule has 2 aromatic rings. The van der Waals surface area contributed by atoms with Crippen molar-refractivity contribution >= 4 is 21.4 Å². The van der Waals surface area contributed by atoms with Crippen molar-refractivity contribution < 1.29 is 8.42 Å². The van der Waals surface area contributed by atoms with E-state index in [0.29, 0.717) is 30.4 Å². The average Bonchev–Trinajstić information content (AvgIpc) is 3.00. The molecule has 0 amide bonds. The van der Waals surface area contributed by atoms with E-state index in [0.717, 1.165) is 23.5 Å². The van der Waals surface area contributed by atoms with Gasteiger partial charge in [0.1, 0.15) is 0 Å². The van der Waals surface area contributed by atoms with Gasteiger partial charge in [0.25, 0.3) is 0 Å². The minimum Gasteiger partial charge on any atom is -0.346 e. The Morgan fingerprint density at radius 3 is 2.90 bits per heavy atom. The number of hydrogen-bond donors (Lipinski definition) is 2. The summed E-state index contributed by atoms with van der Waals surface area (Å²) in [5.41, 5.74) is 6.57. The lowest BCUT2D eigenvalue weighted by atomic mass is 10.4. The number of aromatic nitrogens is 2. The summed E-state index contributed by atoms with van der Waals surface area (Å²) in [7, 11) is -3.48. The van der Waals surface area contributed by atoms with Gasteiger partial charge in [0.15, 0.2) is 0 Å². The van der Waals surface area contributed by atoms with Gasteiger partial charge >= 0.3 is 0 Å². The zero-order valence-electron chi connectivity index (χ0n) is 11.5. The molecule has 114 valence electrons. The maximum absolute atomic E-state index is 12.3. The Kier molecular flexibility index (Phi) is 4.12. The summed E-state index contributed by atoms with van der Waals surface area (Å²) in [6.07, 6.45) is 6.21. The molecule has 1 saturated carbocycles. The molecule has 3 N–H and O–H groups in total. The topological polar surface area (TPSA) is 90.0 Å². The molecule has 0 spiro atoms. The quantitative estimate of drug-likeness (QED) is 0.801. The molecule has 1 fully saturated rings. The molecule has 6 nitrogen and oxygen atoms in total. The molecule has 0 atom stereocenters. The highest BCUT2D eigenvalue weighted by molar-refractivity contribution is 7.89. The Morgan fingerprint density at radius 1 is 1.48 bits per heavy atom. The van der Waals surface area contributed by atoms with Gasteiger partial charge in [-0.15, -0.1) is 11.3 Å². The molecule has 2 heterocycles. The van der Waals surface area contributed by atoms with Gasteiger partial charge in [-0.25, -0.2) is 18.1 Å². The maximum atomic E-state index is 12.3. The van der Waals surface area contributed by atoms with Gasteiger partial charge in [0.05, 0.1) is 9.90 Å². The van der Waals surface area contributed by atoms with Crippen LogP contribution in [0, 0.1) is 0 Å². The molecule has 2 aromatic heterocycles. The van der Waals surface area contributed by atoms with Gasteiger partial charge in [0.2, 0.25) is 10.0 Å². The van der Waals surface area contributed by atoms with Crippen LogP contribution in [0.25, 0.3) is 0 Å². The largest absolute Gasteiger partial charge is 0.346 e. The Labute approximate surface area is 128 Å². The predicted molar refractivity (Wildman–Crippen MR) is 81.6 cm³/mol. The molecule has 1 aliphatic rings. The van der Waals surface area contributed by atoms with E-state index >= 15 is 0 Å². The van der Waals surface area contributed by atoms with Crippen LogP contribution in [0.15, 0.2) is 28.7 Å². The number of thiazole rings is 1. The molecule has 0 aromatic carbocycles. The van der Waals surface area contributed by atoms with Crippen molar-refractivity contribution in [2.75, 3.05) is 6.54 Å². The van der Waals surface area contributed by atoms with E-state index in [1.165, 1.54) is 11.3 Å². The highest BCUT2D eigenvalue weighted by atomic mass is 32.2. The molecule has 21 heavy (non-hydrogen) atoms. The molecule has 0 unspecified atom stereocenters. The van der Waals surface area contributed by atoms with Crippen LogP contribution < -0.4 is 10.5 Å². The number of rotatable bonds is 7. The second kappa shape index (κ2) is 5.88. The fraction of sp³-hybridized carbons (Fsp3) is 0.462. The molecule has 8 heteroatoms. The number of nitrogens with one attached hydrogen (secondary N) is 1. The van der Waals surface area contributed by atoms with Gasteiger partial charge in [-0.05, 0) is 18.9 Å². The van der Waals surface area contributed by atoms with Crippen molar-refractivity contribution in [2.24, 2.45) is 5.73 Å². The van der Waals surface area contributed by atoms with Crippen molar-refractivity contribution in [3.63, 3.8) is 0 Å². The second-order valence-electron chi connectivity index (χ2n) is 5.08. The Bertz CT molecular complexity index is 703. The van der Waals surface area contributed by atoms with Crippen molar-refractivity contribution in [3.05, 3.63) is 34.5 Å². The highest BCUT2D eigenvalue weighted by Gasteiger charge is 2.27. The Hall–Kier alpha value is -1.22. The molecule has 0 radical (unpaired) electrons. The molecule has 3 rings (SSSR count). The van der Waals surface area contributed by atoms with Crippen LogP contribution >= 0.6 is 11.3 Å². The minimum absolute atomic E-state index is 0.300. The van der Waals surface area contributed by atoms with Gasteiger partial charge < -0.3 is 10.3 Å². The second-order valence-corrected chi connectivity index (χ2v) is 7.83. The number of hydrogen-bond acceptors (Lipinski definition) is 5. The monoisotopic (exact) mass is 326 g/mol. The maximum Gasteiger partial charge on any atom is 0.242 e. The summed E-state index contributed by atoms with van der Waals surface area (Å²) in [5, 5.41) is 2.81. The van der Waals surface area contributed by atoms with Gasteiger partial charge in [0, 0.05) is 49.0 Å². The standard InChI is InChI=1S/C13H18N4O2S2/c14-8-11-7-12(9-17(11)10-1-2-10)21(18,19)16-4-3-13-15-5-6-20-13/h5-7,9-10,16H,1-4,8,14H2. The van der Waals surface area contributed by atoms with Crippen LogP contribution in [0.1, 0.15) is 29.6 Å². The van der Waals surface area contributed by atoms with Crippen LogP contribution in [0.5, 0.6) is 0 Å². The first-order valence-electron chi connectivity index (χ1n) is 6.89. The molecule has 0 saturated heterocycles. The van der Waals surface area contributed by atoms with Crippen molar-refractivity contribution in [1.29, 1.82) is 0 Å². The van der Waals surface area contributed by atoms with Crippen molar-refractivity contribution in [3.8, 4) is 0 Å². The van der Waals surface area contributed by atoms with E-state index in [-0.39, 0.29) is 0 Å². The van der Waals surface area contributed by atoms with E-state index in [9.17, 15) is 8.42 Å². The third-order valence-electron chi connectivity index (χ3n) is 3.48. The SMILES string of the molecule is NCc1cc(S(=O)(=O)NCCc2nccs2)cn1C1CC1. The zero-order valence-corrected chi connectivity index (χ0v) is 13.2. The van der Waals surface area contributed by atoms with E-state index in [2.05, 4.69) is 9.71 Å². The first kappa shape index (κ1) is 14.7. The normalized spacial score (nSPS) is 15.5. The van der Waals surface area contributed by atoms with E-state index in [1.807, 2.05) is 9.95 Å². The minimum atomic E-state index is -3.48. The first-order valence-corrected chi connectivity index (χ1v) is 9.25. The Balaban J connectivity index is 1.69. The smallest absolute Gasteiger partial charge is 0.242 e. The molecule has 0 aliphatic heterocycles. The Morgan fingerprint density at radius 2 is 2.29 bits per heavy atom. The van der Waals surface area contributed by atoms with Crippen LogP contribution in [0.3, 0.4) is 0 Å². The van der Waals surface area contributed by atoms with Crippen LogP contribution in [0.4, 0.5) is 0 Å². The van der Waals surface area contributed by atoms with Crippen molar-refractivity contribution in [1.82, 2.24) is 14.3 Å². The fourth-order valence-corrected chi connectivity index (χ4v) is 3.95. The summed E-state index contributed by atoms with van der Waals surface area (Å²) >= 11 is 1.53. The van der Waals surface area contributed by atoms with E-state index in [4.69, 9.17) is 5.73 Å². The van der Waals surface area contributed by atoms with Gasteiger partial charge in [-0.1, -0.05) is 0 Å². The number of nitrogens with zero attached hydrogens (tertiary/aromatic N) is 2. The zero-order chi connectivity index (χ0) is 14.9. The third-order valence-corrected chi connectivity index (χ3v) is 5.75. The predicted octanol–water partition coefficient (Wildman–Crippen LogP) is 1.26. The molecule has 0 bridgehead atoms. The van der Waals surface area contributed by atoms with Crippen LogP contribution in [-0.4, -0.2) is 24.5 Å². The number of sulfonamides is 1. The van der Waals surface area contributed by atoms with Gasteiger partial charge in [-0.2, -0.15) is 0 Å². The van der Waals surface area contributed by atoms with Crippen LogP contribution in [-0.2, 0) is 23.0 Å². The summed E-state index contributed by atoms with van der Waals surface area (Å²) in [6, 6.07) is 2.09. The summed E-state index contributed by atoms with van der Waals surface area (Å²) in [6.45, 7) is 0.702. The lowest BCUT2D eigenvalue weighted by Crippen LogP contribution is -2.25. The van der Waals surface area contributed by atoms with Crippen LogP contribution in [0.2, 0.25) is 0 Å². The summed E-state index contributed by atoms with van der Waals surface area (Å²) < 4.78 is 29.2. The molecular formula is C13H18N4O2S2. The molecule has 1 aliphatic carbocycles. The molecular weight excluding hydrogens is 308 g/mol. The lowest BCUT2D eigenvalue weighted by molar-refractivity contribution is 0.581. The average molecular weight is 326 g/mol. The fourth-order valence-electron chi connectivity index (χ4n) is 2.25. The van der Waals surface area contributed by atoms with E-state index in [1.54, 1.807) is 18.5 Å².